The molecule has 0 heterocycles. The summed E-state index contributed by atoms with van der Waals surface area (Å²) in [7, 11) is 0. The van der Waals surface area contributed by atoms with Crippen molar-refractivity contribution in [2.24, 2.45) is 5.92 Å². The molecule has 0 bridgehead atoms. The molecular formula is C14H22O. The summed E-state index contributed by atoms with van der Waals surface area (Å²) in [6, 6.07) is 8.29. The third kappa shape index (κ3) is 3.94. The summed E-state index contributed by atoms with van der Waals surface area (Å²) in [5, 5.41) is 0. The molecular weight excluding hydrogens is 184 g/mol. The molecule has 1 saturated carbocycles. The molecule has 84 valence electrons. The second-order valence-corrected chi connectivity index (χ2v) is 3.92. The number of benzene rings is 1. The van der Waals surface area contributed by atoms with Crippen LogP contribution in [0.2, 0.25) is 0 Å². The standard InChI is InChI=1S/C12H16O.C2H6/c1-10-5-7-12(8-6-10)13-9-11-3-2-4-11;1-2/h5-8,11H,2-4,9H2,1H3;1-2H3. The van der Waals surface area contributed by atoms with Gasteiger partial charge in [0, 0.05) is 0 Å². The van der Waals surface area contributed by atoms with Gasteiger partial charge in [0.25, 0.3) is 0 Å². The normalized spacial score (nSPS) is 14.9. The summed E-state index contributed by atoms with van der Waals surface area (Å²) >= 11 is 0. The lowest BCUT2D eigenvalue weighted by Crippen LogP contribution is -2.19. The van der Waals surface area contributed by atoms with Crippen LogP contribution in [0.5, 0.6) is 5.75 Å². The van der Waals surface area contributed by atoms with Gasteiger partial charge in [-0.2, -0.15) is 0 Å². The average Bonchev–Trinajstić information content (AvgIpc) is 2.22. The van der Waals surface area contributed by atoms with Gasteiger partial charge in [-0.05, 0) is 37.8 Å². The predicted molar refractivity (Wildman–Crippen MR) is 65.4 cm³/mol. The minimum atomic E-state index is 0.821. The molecule has 1 aromatic rings. The monoisotopic (exact) mass is 206 g/mol. The fourth-order valence-electron chi connectivity index (χ4n) is 1.51. The van der Waals surface area contributed by atoms with Gasteiger partial charge in [-0.15, -0.1) is 0 Å². The van der Waals surface area contributed by atoms with Crippen LogP contribution in [-0.2, 0) is 0 Å². The Morgan fingerprint density at radius 1 is 1.13 bits per heavy atom. The molecule has 0 saturated heterocycles. The van der Waals surface area contributed by atoms with Gasteiger partial charge in [-0.1, -0.05) is 38.0 Å². The molecule has 1 nitrogen and oxygen atoms in total. The van der Waals surface area contributed by atoms with E-state index in [1.807, 2.05) is 26.0 Å². The Bertz CT molecular complexity index is 259. The molecule has 0 spiro atoms. The summed E-state index contributed by atoms with van der Waals surface area (Å²) in [5.74, 6) is 1.83. The van der Waals surface area contributed by atoms with Crippen LogP contribution < -0.4 is 4.74 Å². The van der Waals surface area contributed by atoms with Crippen molar-refractivity contribution in [2.75, 3.05) is 6.61 Å². The van der Waals surface area contributed by atoms with E-state index >= 15 is 0 Å². The van der Waals surface area contributed by atoms with Crippen molar-refractivity contribution in [3.8, 4) is 5.75 Å². The van der Waals surface area contributed by atoms with Gasteiger partial charge in [0.2, 0.25) is 0 Å². The molecule has 1 aromatic carbocycles. The van der Waals surface area contributed by atoms with Crippen molar-refractivity contribution >= 4 is 0 Å². The second kappa shape index (κ2) is 6.49. The van der Waals surface area contributed by atoms with E-state index < -0.39 is 0 Å². The fraction of sp³-hybridized carbons (Fsp3) is 0.571. The van der Waals surface area contributed by atoms with E-state index in [0.29, 0.717) is 0 Å². The molecule has 1 aliphatic carbocycles. The smallest absolute Gasteiger partial charge is 0.119 e. The van der Waals surface area contributed by atoms with Crippen molar-refractivity contribution in [3.05, 3.63) is 29.8 Å². The summed E-state index contributed by atoms with van der Waals surface area (Å²) in [6.07, 6.45) is 4.10. The van der Waals surface area contributed by atoms with Crippen molar-refractivity contribution in [2.45, 2.75) is 40.0 Å². The SMILES string of the molecule is CC.Cc1ccc(OCC2CCC2)cc1. The van der Waals surface area contributed by atoms with Crippen molar-refractivity contribution in [3.63, 3.8) is 0 Å². The molecule has 0 N–H and O–H groups in total. The Morgan fingerprint density at radius 2 is 1.73 bits per heavy atom. The minimum Gasteiger partial charge on any atom is -0.493 e. The molecule has 1 fully saturated rings. The summed E-state index contributed by atoms with van der Waals surface area (Å²) < 4.78 is 5.66. The van der Waals surface area contributed by atoms with Crippen LogP contribution in [0, 0.1) is 12.8 Å². The van der Waals surface area contributed by atoms with Crippen LogP contribution in [0.4, 0.5) is 0 Å². The number of hydrogen-bond donors (Lipinski definition) is 0. The van der Waals surface area contributed by atoms with Crippen molar-refractivity contribution < 1.29 is 4.74 Å². The van der Waals surface area contributed by atoms with Gasteiger partial charge in [-0.3, -0.25) is 0 Å². The van der Waals surface area contributed by atoms with E-state index in [1.165, 1.54) is 24.8 Å². The average molecular weight is 206 g/mol. The molecule has 1 aliphatic rings. The van der Waals surface area contributed by atoms with Crippen LogP contribution in [0.25, 0.3) is 0 Å². The van der Waals surface area contributed by atoms with Gasteiger partial charge >= 0.3 is 0 Å². The first-order valence-corrected chi connectivity index (χ1v) is 6.04. The van der Waals surface area contributed by atoms with Gasteiger partial charge in [0.1, 0.15) is 5.75 Å². The molecule has 0 unspecified atom stereocenters. The Morgan fingerprint density at radius 3 is 2.20 bits per heavy atom. The van der Waals surface area contributed by atoms with E-state index in [4.69, 9.17) is 4.74 Å². The van der Waals surface area contributed by atoms with Gasteiger partial charge in [-0.25, -0.2) is 0 Å². The van der Waals surface area contributed by atoms with Crippen molar-refractivity contribution in [1.82, 2.24) is 0 Å². The molecule has 1 heteroatoms. The quantitative estimate of drug-likeness (QED) is 0.720. The molecule has 15 heavy (non-hydrogen) atoms. The first kappa shape index (κ1) is 12.1. The molecule has 0 amide bonds. The van der Waals surface area contributed by atoms with E-state index in [0.717, 1.165) is 18.3 Å². The van der Waals surface area contributed by atoms with E-state index in [2.05, 4.69) is 19.1 Å². The van der Waals surface area contributed by atoms with Crippen LogP contribution in [0.1, 0.15) is 38.7 Å². The first-order chi connectivity index (χ1) is 7.34. The fourth-order valence-corrected chi connectivity index (χ4v) is 1.51. The van der Waals surface area contributed by atoms with E-state index in [-0.39, 0.29) is 0 Å². The molecule has 0 aliphatic heterocycles. The Hall–Kier alpha value is -0.980. The highest BCUT2D eigenvalue weighted by atomic mass is 16.5. The number of ether oxygens (including phenoxy) is 1. The summed E-state index contributed by atoms with van der Waals surface area (Å²) in [5.41, 5.74) is 1.29. The van der Waals surface area contributed by atoms with Gasteiger partial charge in [0.05, 0.1) is 6.61 Å². The predicted octanol–water partition coefficient (Wildman–Crippen LogP) is 4.20. The maximum atomic E-state index is 5.66. The summed E-state index contributed by atoms with van der Waals surface area (Å²) in [6.45, 7) is 7.00. The van der Waals surface area contributed by atoms with E-state index in [9.17, 15) is 0 Å². The lowest BCUT2D eigenvalue weighted by atomic mass is 9.86. The van der Waals surface area contributed by atoms with E-state index in [1.54, 1.807) is 0 Å². The minimum absolute atomic E-state index is 0.821. The molecule has 0 radical (unpaired) electrons. The van der Waals surface area contributed by atoms with Crippen molar-refractivity contribution in [1.29, 1.82) is 0 Å². The largest absolute Gasteiger partial charge is 0.493 e. The zero-order valence-electron chi connectivity index (χ0n) is 10.1. The second-order valence-electron chi connectivity index (χ2n) is 3.92. The maximum absolute atomic E-state index is 5.66. The third-order valence-corrected chi connectivity index (χ3v) is 2.73. The highest BCUT2D eigenvalue weighted by Crippen LogP contribution is 2.27. The van der Waals surface area contributed by atoms with Crippen LogP contribution >= 0.6 is 0 Å². The first-order valence-electron chi connectivity index (χ1n) is 6.04. The zero-order valence-corrected chi connectivity index (χ0v) is 10.1. The third-order valence-electron chi connectivity index (χ3n) is 2.73. The number of aryl methyl sites for hydroxylation is 1. The van der Waals surface area contributed by atoms with Gasteiger partial charge in [0.15, 0.2) is 0 Å². The number of hydrogen-bond acceptors (Lipinski definition) is 1. The molecule has 0 aromatic heterocycles. The lowest BCUT2D eigenvalue weighted by Gasteiger charge is -2.25. The Labute approximate surface area is 93.5 Å². The Balaban J connectivity index is 0.000000531. The van der Waals surface area contributed by atoms with Crippen LogP contribution in [0.3, 0.4) is 0 Å². The van der Waals surface area contributed by atoms with Crippen LogP contribution in [-0.4, -0.2) is 6.61 Å². The molecule has 0 atom stereocenters. The Kier molecular flexibility index (Phi) is 5.23. The highest BCUT2D eigenvalue weighted by Gasteiger charge is 2.17. The number of rotatable bonds is 3. The highest BCUT2D eigenvalue weighted by molar-refractivity contribution is 5.26. The zero-order chi connectivity index (χ0) is 11.1. The van der Waals surface area contributed by atoms with Crippen LogP contribution in [0.15, 0.2) is 24.3 Å². The maximum Gasteiger partial charge on any atom is 0.119 e. The lowest BCUT2D eigenvalue weighted by molar-refractivity contribution is 0.180. The summed E-state index contributed by atoms with van der Waals surface area (Å²) in [4.78, 5) is 0. The topological polar surface area (TPSA) is 9.23 Å². The van der Waals surface area contributed by atoms with Gasteiger partial charge < -0.3 is 4.74 Å². The molecule has 2 rings (SSSR count).